The van der Waals surface area contributed by atoms with Gasteiger partial charge in [-0.25, -0.2) is 0 Å². The molecule has 1 atom stereocenters. The first kappa shape index (κ1) is 22.0. The van der Waals surface area contributed by atoms with Gasteiger partial charge < -0.3 is 5.73 Å². The van der Waals surface area contributed by atoms with E-state index < -0.39 is 0 Å². The van der Waals surface area contributed by atoms with Gasteiger partial charge in [-0.1, -0.05) is 88.0 Å². The predicted octanol–water partition coefficient (Wildman–Crippen LogP) is 5.40. The molecule has 0 bridgehead atoms. The molecule has 0 amide bonds. The summed E-state index contributed by atoms with van der Waals surface area (Å²) in [6.07, 6.45) is 7.94. The summed E-state index contributed by atoms with van der Waals surface area (Å²) in [6.45, 7) is 15.8. The Morgan fingerprint density at radius 2 is 1.67 bits per heavy atom. The molecule has 0 aliphatic rings. The van der Waals surface area contributed by atoms with Crippen molar-refractivity contribution in [2.45, 2.75) is 51.8 Å². The van der Waals surface area contributed by atoms with Crippen LogP contribution in [0.3, 0.4) is 0 Å². The Bertz CT molecular complexity index is 416. The molecule has 1 nitrogen and oxygen atoms in total. The van der Waals surface area contributed by atoms with E-state index in [2.05, 4.69) is 49.6 Å². The van der Waals surface area contributed by atoms with Crippen LogP contribution in [0.2, 0.25) is 0 Å². The fourth-order valence-corrected chi connectivity index (χ4v) is 2.36. The highest BCUT2D eigenvalue weighted by atomic mass is 32.2. The van der Waals surface area contributed by atoms with Crippen molar-refractivity contribution in [2.75, 3.05) is 0 Å². The van der Waals surface area contributed by atoms with E-state index in [0.29, 0.717) is 0 Å². The summed E-state index contributed by atoms with van der Waals surface area (Å²) in [5, 5.41) is 0.187. The SMILES string of the molecule is C=C/C=C(\C=C/C)C([NH3+])Sc1ccc(C)cc1.CC.CC. The third-order valence-electron chi connectivity index (χ3n) is 2.34. The first-order valence-electron chi connectivity index (χ1n) is 7.69. The van der Waals surface area contributed by atoms with E-state index in [4.69, 9.17) is 0 Å². The third-order valence-corrected chi connectivity index (χ3v) is 3.44. The molecule has 1 rings (SSSR count). The van der Waals surface area contributed by atoms with Crippen LogP contribution >= 0.6 is 11.8 Å². The number of hydrogen-bond acceptors (Lipinski definition) is 1. The molecule has 1 aromatic carbocycles. The summed E-state index contributed by atoms with van der Waals surface area (Å²) in [5.74, 6) is 0. The summed E-state index contributed by atoms with van der Waals surface area (Å²) in [6, 6.07) is 8.53. The molecule has 0 heterocycles. The second-order valence-electron chi connectivity index (χ2n) is 3.82. The van der Waals surface area contributed by atoms with Crippen LogP contribution in [0.15, 0.2) is 65.6 Å². The molecule has 0 aromatic heterocycles. The minimum absolute atomic E-state index is 0.187. The van der Waals surface area contributed by atoms with Crippen LogP contribution in [-0.4, -0.2) is 5.37 Å². The maximum Gasteiger partial charge on any atom is 0.161 e. The first-order chi connectivity index (χ1) is 10.2. The Hall–Kier alpha value is -1.25. The molecule has 1 unspecified atom stereocenters. The average molecular weight is 307 g/mol. The number of thioether (sulfide) groups is 1. The van der Waals surface area contributed by atoms with E-state index in [9.17, 15) is 0 Å². The highest BCUT2D eigenvalue weighted by Crippen LogP contribution is 2.24. The van der Waals surface area contributed by atoms with Gasteiger partial charge in [0.05, 0.1) is 0 Å². The van der Waals surface area contributed by atoms with Crippen LogP contribution in [0.1, 0.15) is 40.2 Å². The van der Waals surface area contributed by atoms with Gasteiger partial charge >= 0.3 is 0 Å². The molecule has 0 aliphatic carbocycles. The number of benzene rings is 1. The molecular weight excluding hydrogens is 274 g/mol. The van der Waals surface area contributed by atoms with E-state index in [-0.39, 0.29) is 5.37 Å². The second kappa shape index (κ2) is 15.1. The Balaban J connectivity index is 0. The topological polar surface area (TPSA) is 27.6 Å². The summed E-state index contributed by atoms with van der Waals surface area (Å²) >= 11 is 1.76. The Labute approximate surface area is 136 Å². The molecule has 0 saturated carbocycles. The minimum atomic E-state index is 0.187. The smallest absolute Gasteiger partial charge is 0.161 e. The van der Waals surface area contributed by atoms with Crippen molar-refractivity contribution < 1.29 is 5.73 Å². The van der Waals surface area contributed by atoms with Gasteiger partial charge in [-0.15, -0.1) is 0 Å². The van der Waals surface area contributed by atoms with E-state index in [1.165, 1.54) is 16.0 Å². The summed E-state index contributed by atoms with van der Waals surface area (Å²) < 4.78 is 0. The van der Waals surface area contributed by atoms with Gasteiger partial charge in [0, 0.05) is 10.5 Å². The van der Waals surface area contributed by atoms with Crippen molar-refractivity contribution >= 4 is 11.8 Å². The normalized spacial score (nSPS) is 11.9. The molecule has 0 radical (unpaired) electrons. The van der Waals surface area contributed by atoms with Crippen molar-refractivity contribution in [3.8, 4) is 0 Å². The molecular formula is C19H32NS+. The molecule has 0 saturated heterocycles. The molecule has 2 heteroatoms. The van der Waals surface area contributed by atoms with Crippen LogP contribution in [0.4, 0.5) is 0 Å². The lowest BCUT2D eigenvalue weighted by Gasteiger charge is -2.09. The lowest BCUT2D eigenvalue weighted by atomic mass is 10.2. The molecule has 21 heavy (non-hydrogen) atoms. The van der Waals surface area contributed by atoms with Crippen LogP contribution in [-0.2, 0) is 0 Å². The van der Waals surface area contributed by atoms with Gasteiger partial charge in [-0.3, -0.25) is 0 Å². The number of quaternary nitrogens is 1. The van der Waals surface area contributed by atoms with Crippen molar-refractivity contribution in [2.24, 2.45) is 0 Å². The van der Waals surface area contributed by atoms with Crippen molar-refractivity contribution in [3.63, 3.8) is 0 Å². The van der Waals surface area contributed by atoms with Gasteiger partial charge in [0.15, 0.2) is 5.37 Å². The Kier molecular flexibility index (Phi) is 15.9. The zero-order chi connectivity index (χ0) is 16.7. The van der Waals surface area contributed by atoms with Crippen molar-refractivity contribution in [1.82, 2.24) is 0 Å². The number of hydrogen-bond donors (Lipinski definition) is 1. The van der Waals surface area contributed by atoms with Gasteiger partial charge in [0.25, 0.3) is 0 Å². The van der Waals surface area contributed by atoms with E-state index in [0.717, 1.165) is 0 Å². The van der Waals surface area contributed by atoms with Crippen molar-refractivity contribution in [1.29, 1.82) is 0 Å². The van der Waals surface area contributed by atoms with Crippen molar-refractivity contribution in [3.05, 3.63) is 66.3 Å². The highest BCUT2D eigenvalue weighted by Gasteiger charge is 2.11. The van der Waals surface area contributed by atoms with Crippen LogP contribution < -0.4 is 5.73 Å². The molecule has 118 valence electrons. The number of rotatable bonds is 5. The second-order valence-corrected chi connectivity index (χ2v) is 5.10. The maximum atomic E-state index is 4.19. The maximum absolute atomic E-state index is 4.19. The van der Waals surface area contributed by atoms with Gasteiger partial charge in [-0.05, 0) is 26.0 Å². The summed E-state index contributed by atoms with van der Waals surface area (Å²) in [7, 11) is 0. The molecule has 3 N–H and O–H groups in total. The van der Waals surface area contributed by atoms with Gasteiger partial charge in [0.1, 0.15) is 0 Å². The Morgan fingerprint density at radius 1 is 1.14 bits per heavy atom. The minimum Gasteiger partial charge on any atom is -0.342 e. The van der Waals surface area contributed by atoms with Crippen LogP contribution in [0.5, 0.6) is 0 Å². The lowest BCUT2D eigenvalue weighted by molar-refractivity contribution is -0.372. The standard InChI is InChI=1S/C15H19NS.2C2H6/c1-4-6-13(7-5-2)15(16)17-14-10-8-12(3)9-11-14;2*1-2/h4-11,15H,1,16H2,2-3H3;2*1-2H3/p+1/b7-5-,13-6+;;. The van der Waals surface area contributed by atoms with Gasteiger partial charge in [-0.2, -0.15) is 0 Å². The van der Waals surface area contributed by atoms with Gasteiger partial charge in [0.2, 0.25) is 0 Å². The lowest BCUT2D eigenvalue weighted by Crippen LogP contribution is -2.59. The quantitative estimate of drug-likeness (QED) is 0.440. The largest absolute Gasteiger partial charge is 0.342 e. The number of aryl methyl sites for hydroxylation is 1. The summed E-state index contributed by atoms with van der Waals surface area (Å²) in [5.41, 5.74) is 6.66. The van der Waals surface area contributed by atoms with E-state index in [1.807, 2.05) is 52.8 Å². The zero-order valence-electron chi connectivity index (χ0n) is 14.5. The fourth-order valence-electron chi connectivity index (χ4n) is 1.45. The summed E-state index contributed by atoms with van der Waals surface area (Å²) in [4.78, 5) is 1.25. The Morgan fingerprint density at radius 3 is 2.10 bits per heavy atom. The van der Waals surface area contributed by atoms with Crippen LogP contribution in [0, 0.1) is 6.92 Å². The molecule has 0 fully saturated rings. The third kappa shape index (κ3) is 10.2. The average Bonchev–Trinajstić information content (AvgIpc) is 2.53. The predicted molar refractivity (Wildman–Crippen MR) is 99.5 cm³/mol. The number of allylic oxidation sites excluding steroid dienone is 3. The highest BCUT2D eigenvalue weighted by molar-refractivity contribution is 7.99. The van der Waals surface area contributed by atoms with E-state index >= 15 is 0 Å². The fraction of sp³-hybridized carbons (Fsp3) is 0.368. The van der Waals surface area contributed by atoms with E-state index in [1.54, 1.807) is 11.8 Å². The molecule has 1 aromatic rings. The first-order valence-corrected chi connectivity index (χ1v) is 8.57. The molecule has 0 spiro atoms. The van der Waals surface area contributed by atoms with Crippen LogP contribution in [0.25, 0.3) is 0 Å². The monoisotopic (exact) mass is 306 g/mol. The molecule has 0 aliphatic heterocycles. The zero-order valence-corrected chi connectivity index (χ0v) is 15.3.